The lowest BCUT2D eigenvalue weighted by molar-refractivity contribution is 0.411. The first-order valence-electron chi connectivity index (χ1n) is 4.90. The number of nitrogens with zero attached hydrogens (tertiary/aromatic N) is 2. The Balaban J connectivity index is 2.23. The van der Waals surface area contributed by atoms with Crippen molar-refractivity contribution in [2.75, 3.05) is 19.0 Å². The van der Waals surface area contributed by atoms with Gasteiger partial charge >= 0.3 is 0 Å². The molecule has 1 aromatic heterocycles. The lowest BCUT2D eigenvalue weighted by Crippen LogP contribution is -2.04. The number of nitrogens with one attached hydrogen (secondary N) is 1. The summed E-state index contributed by atoms with van der Waals surface area (Å²) < 4.78 is 4.95. The Hall–Kier alpha value is -1.76. The van der Waals surface area contributed by atoms with Gasteiger partial charge in [-0.3, -0.25) is 0 Å². The maximum Gasteiger partial charge on any atom is 0.222 e. The third-order valence-corrected chi connectivity index (χ3v) is 1.89. The molecule has 0 radical (unpaired) electrons. The number of ether oxygens (including phenoxy) is 1. The van der Waals surface area contributed by atoms with E-state index in [-0.39, 0.29) is 0 Å². The number of terminal acetylenes is 1. The molecular formula is C11H15N3O. The molecule has 1 N–H and O–H groups in total. The van der Waals surface area contributed by atoms with Gasteiger partial charge in [0.2, 0.25) is 5.95 Å². The minimum atomic E-state index is 0.622. The Morgan fingerprint density at radius 2 is 2.13 bits per heavy atom. The highest BCUT2D eigenvalue weighted by atomic mass is 16.5. The van der Waals surface area contributed by atoms with E-state index in [2.05, 4.69) is 21.2 Å². The molecule has 0 atom stereocenters. The van der Waals surface area contributed by atoms with Gasteiger partial charge in [-0.1, -0.05) is 0 Å². The summed E-state index contributed by atoms with van der Waals surface area (Å²) in [7, 11) is 1.59. The first-order valence-corrected chi connectivity index (χ1v) is 4.90. The zero-order chi connectivity index (χ0) is 10.9. The van der Waals surface area contributed by atoms with E-state index >= 15 is 0 Å². The van der Waals surface area contributed by atoms with Crippen molar-refractivity contribution in [1.29, 1.82) is 0 Å². The third kappa shape index (κ3) is 4.32. The Bertz CT molecular complexity index is 316. The molecule has 0 aliphatic carbocycles. The van der Waals surface area contributed by atoms with E-state index in [1.54, 1.807) is 19.5 Å². The van der Waals surface area contributed by atoms with Crippen molar-refractivity contribution in [1.82, 2.24) is 9.97 Å². The lowest BCUT2D eigenvalue weighted by Gasteiger charge is -2.04. The number of methoxy groups -OCH3 is 1. The molecule has 0 aliphatic rings. The first kappa shape index (κ1) is 11.3. The second-order valence-corrected chi connectivity index (χ2v) is 3.03. The van der Waals surface area contributed by atoms with Gasteiger partial charge in [0.1, 0.15) is 0 Å². The lowest BCUT2D eigenvalue weighted by atomic mass is 10.2. The standard InChI is InChI=1S/C11H15N3O/c1-3-4-5-6-7-12-11-13-8-10(15-2)9-14-11/h1,8-9H,4-7H2,2H3,(H,12,13,14). The minimum absolute atomic E-state index is 0.622. The number of hydrogen-bond donors (Lipinski definition) is 1. The van der Waals surface area contributed by atoms with Crippen molar-refractivity contribution < 1.29 is 4.74 Å². The van der Waals surface area contributed by atoms with Gasteiger partial charge in [0.15, 0.2) is 5.75 Å². The van der Waals surface area contributed by atoms with Crippen LogP contribution in [0.2, 0.25) is 0 Å². The second-order valence-electron chi connectivity index (χ2n) is 3.03. The van der Waals surface area contributed by atoms with Crippen LogP contribution in [-0.2, 0) is 0 Å². The van der Waals surface area contributed by atoms with Crippen LogP contribution in [-0.4, -0.2) is 23.6 Å². The van der Waals surface area contributed by atoms with Crippen LogP contribution in [0.3, 0.4) is 0 Å². The molecule has 80 valence electrons. The number of unbranched alkanes of at least 4 members (excludes halogenated alkanes) is 2. The number of hydrogen-bond acceptors (Lipinski definition) is 4. The van der Waals surface area contributed by atoms with Crippen molar-refractivity contribution in [3.63, 3.8) is 0 Å². The number of aromatic nitrogens is 2. The summed E-state index contributed by atoms with van der Waals surface area (Å²) in [6.07, 6.45) is 11.3. The Labute approximate surface area is 90.1 Å². The molecule has 1 rings (SSSR count). The van der Waals surface area contributed by atoms with E-state index in [0.29, 0.717) is 11.7 Å². The highest BCUT2D eigenvalue weighted by Gasteiger charge is 1.95. The molecule has 0 aromatic carbocycles. The Morgan fingerprint density at radius 3 is 2.73 bits per heavy atom. The predicted molar refractivity (Wildman–Crippen MR) is 59.8 cm³/mol. The van der Waals surface area contributed by atoms with Crippen LogP contribution >= 0.6 is 0 Å². The van der Waals surface area contributed by atoms with Crippen molar-refractivity contribution in [2.24, 2.45) is 0 Å². The molecule has 0 amide bonds. The van der Waals surface area contributed by atoms with Gasteiger partial charge in [0.05, 0.1) is 19.5 Å². The van der Waals surface area contributed by atoms with E-state index in [4.69, 9.17) is 11.2 Å². The van der Waals surface area contributed by atoms with Crippen molar-refractivity contribution >= 4 is 5.95 Å². The maximum absolute atomic E-state index is 5.14. The van der Waals surface area contributed by atoms with Gasteiger partial charge in [-0.05, 0) is 12.8 Å². The van der Waals surface area contributed by atoms with Crippen molar-refractivity contribution in [2.45, 2.75) is 19.3 Å². The van der Waals surface area contributed by atoms with E-state index < -0.39 is 0 Å². The quantitative estimate of drug-likeness (QED) is 0.567. The smallest absolute Gasteiger partial charge is 0.222 e. The summed E-state index contributed by atoms with van der Waals surface area (Å²) in [6.45, 7) is 0.841. The van der Waals surface area contributed by atoms with Crippen LogP contribution in [0.4, 0.5) is 5.95 Å². The maximum atomic E-state index is 5.14. The number of rotatable bonds is 6. The van der Waals surface area contributed by atoms with Crippen molar-refractivity contribution in [3.8, 4) is 18.1 Å². The molecule has 0 bridgehead atoms. The molecule has 4 nitrogen and oxygen atoms in total. The van der Waals surface area contributed by atoms with Crippen LogP contribution < -0.4 is 10.1 Å². The second kappa shape index (κ2) is 6.66. The molecule has 1 aromatic rings. The summed E-state index contributed by atoms with van der Waals surface area (Å²) in [6, 6.07) is 0. The average Bonchev–Trinajstić information content (AvgIpc) is 2.30. The molecular weight excluding hydrogens is 190 g/mol. The largest absolute Gasteiger partial charge is 0.494 e. The highest BCUT2D eigenvalue weighted by molar-refractivity contribution is 5.26. The van der Waals surface area contributed by atoms with Crippen LogP contribution in [0.5, 0.6) is 5.75 Å². The predicted octanol–water partition coefficient (Wildman–Crippen LogP) is 1.70. The van der Waals surface area contributed by atoms with Gasteiger partial charge in [0.25, 0.3) is 0 Å². The monoisotopic (exact) mass is 205 g/mol. The summed E-state index contributed by atoms with van der Waals surface area (Å²) in [5, 5.41) is 3.11. The van der Waals surface area contributed by atoms with Crippen LogP contribution in [0.1, 0.15) is 19.3 Å². The average molecular weight is 205 g/mol. The van der Waals surface area contributed by atoms with Gasteiger partial charge in [-0.25, -0.2) is 9.97 Å². The van der Waals surface area contributed by atoms with Gasteiger partial charge in [-0.2, -0.15) is 0 Å². The molecule has 0 saturated heterocycles. The summed E-state index contributed by atoms with van der Waals surface area (Å²) in [4.78, 5) is 8.16. The summed E-state index contributed by atoms with van der Waals surface area (Å²) >= 11 is 0. The zero-order valence-electron chi connectivity index (χ0n) is 8.86. The number of anilines is 1. The Kier molecular flexibility index (Phi) is 5.02. The fourth-order valence-electron chi connectivity index (χ4n) is 1.07. The summed E-state index contributed by atoms with van der Waals surface area (Å²) in [5.74, 6) is 3.89. The molecule has 0 fully saturated rings. The molecule has 0 saturated carbocycles. The van der Waals surface area contributed by atoms with Crippen LogP contribution in [0.15, 0.2) is 12.4 Å². The summed E-state index contributed by atoms with van der Waals surface area (Å²) in [5.41, 5.74) is 0. The van der Waals surface area contributed by atoms with E-state index in [9.17, 15) is 0 Å². The fourth-order valence-corrected chi connectivity index (χ4v) is 1.07. The van der Waals surface area contributed by atoms with E-state index in [1.165, 1.54) is 0 Å². The van der Waals surface area contributed by atoms with Gasteiger partial charge < -0.3 is 10.1 Å². The first-order chi connectivity index (χ1) is 7.36. The SMILES string of the molecule is C#CCCCCNc1ncc(OC)cn1. The molecule has 0 spiro atoms. The molecule has 15 heavy (non-hydrogen) atoms. The molecule has 4 heteroatoms. The normalized spacial score (nSPS) is 9.33. The van der Waals surface area contributed by atoms with Crippen molar-refractivity contribution in [3.05, 3.63) is 12.4 Å². The Morgan fingerprint density at radius 1 is 1.40 bits per heavy atom. The van der Waals surface area contributed by atoms with Crippen LogP contribution in [0.25, 0.3) is 0 Å². The zero-order valence-corrected chi connectivity index (χ0v) is 8.86. The van der Waals surface area contributed by atoms with E-state index in [0.717, 1.165) is 25.8 Å². The van der Waals surface area contributed by atoms with E-state index in [1.807, 2.05) is 0 Å². The molecule has 0 unspecified atom stereocenters. The fraction of sp³-hybridized carbons (Fsp3) is 0.455. The van der Waals surface area contributed by atoms with Crippen LogP contribution in [0, 0.1) is 12.3 Å². The highest BCUT2D eigenvalue weighted by Crippen LogP contribution is 2.07. The van der Waals surface area contributed by atoms with Gasteiger partial charge in [0, 0.05) is 13.0 Å². The topological polar surface area (TPSA) is 47.0 Å². The molecule has 1 heterocycles. The minimum Gasteiger partial charge on any atom is -0.494 e. The van der Waals surface area contributed by atoms with Gasteiger partial charge in [-0.15, -0.1) is 12.3 Å². The molecule has 0 aliphatic heterocycles. The third-order valence-electron chi connectivity index (χ3n) is 1.89.